The minimum Gasteiger partial charge on any atom is -0.494 e. The third-order valence-corrected chi connectivity index (χ3v) is 4.02. The molecule has 2 aromatic rings. The molecule has 0 atom stereocenters. The zero-order chi connectivity index (χ0) is 20.5. The van der Waals surface area contributed by atoms with Crippen LogP contribution in [0, 0.1) is 5.92 Å². The van der Waals surface area contributed by atoms with Gasteiger partial charge in [0.2, 0.25) is 0 Å². The smallest absolute Gasteiger partial charge is 0.269 e. The van der Waals surface area contributed by atoms with Gasteiger partial charge in [0.05, 0.1) is 20.8 Å². The first kappa shape index (κ1) is 21.1. The summed E-state index contributed by atoms with van der Waals surface area (Å²) in [5.41, 5.74) is 5.50. The van der Waals surface area contributed by atoms with Gasteiger partial charge in [0.15, 0.2) is 11.5 Å². The first-order valence-corrected chi connectivity index (χ1v) is 9.00. The Kier molecular flexibility index (Phi) is 7.68. The molecule has 0 aromatic heterocycles. The fraction of sp³-hybridized carbons (Fsp3) is 0.333. The van der Waals surface area contributed by atoms with Crippen molar-refractivity contribution < 1.29 is 23.8 Å². The van der Waals surface area contributed by atoms with E-state index in [0.29, 0.717) is 40.9 Å². The van der Waals surface area contributed by atoms with Gasteiger partial charge in [-0.05, 0) is 54.8 Å². The van der Waals surface area contributed by atoms with Crippen LogP contribution in [0.1, 0.15) is 41.0 Å². The van der Waals surface area contributed by atoms with Crippen molar-refractivity contribution in [2.24, 2.45) is 5.92 Å². The van der Waals surface area contributed by atoms with Gasteiger partial charge < -0.3 is 14.2 Å². The number of carbonyl (C=O) groups excluding carboxylic acids is 2. The van der Waals surface area contributed by atoms with Gasteiger partial charge in [-0.1, -0.05) is 13.8 Å². The zero-order valence-corrected chi connectivity index (χ0v) is 16.6. The molecule has 2 amide bonds. The Morgan fingerprint density at radius 2 is 1.43 bits per heavy atom. The molecular weight excluding hydrogens is 360 g/mol. The van der Waals surface area contributed by atoms with Crippen molar-refractivity contribution in [3.05, 3.63) is 53.6 Å². The molecule has 150 valence electrons. The van der Waals surface area contributed by atoms with E-state index >= 15 is 0 Å². The first-order valence-electron chi connectivity index (χ1n) is 9.00. The highest BCUT2D eigenvalue weighted by molar-refractivity contribution is 5.99. The molecule has 0 aliphatic heterocycles. The van der Waals surface area contributed by atoms with Crippen LogP contribution in [0.2, 0.25) is 0 Å². The van der Waals surface area contributed by atoms with Crippen molar-refractivity contribution in [1.29, 1.82) is 0 Å². The summed E-state index contributed by atoms with van der Waals surface area (Å²) in [6, 6.07) is 11.5. The standard InChI is InChI=1S/C21H26N2O5/c1-14(2)11-12-28-17-8-5-15(6-9-17)20(24)22-23-21(25)16-7-10-18(26-3)19(13-16)27-4/h5-10,13-14H,11-12H2,1-4H3,(H,22,24)(H,23,25). The highest BCUT2D eigenvalue weighted by Crippen LogP contribution is 2.27. The number of nitrogens with one attached hydrogen (secondary N) is 2. The van der Waals surface area contributed by atoms with Gasteiger partial charge >= 0.3 is 0 Å². The van der Waals surface area contributed by atoms with Gasteiger partial charge in [-0.25, -0.2) is 0 Å². The van der Waals surface area contributed by atoms with Crippen molar-refractivity contribution in [2.45, 2.75) is 20.3 Å². The highest BCUT2D eigenvalue weighted by Gasteiger charge is 2.12. The number of amides is 2. The normalized spacial score (nSPS) is 10.3. The number of methoxy groups -OCH3 is 2. The molecule has 0 aliphatic carbocycles. The van der Waals surface area contributed by atoms with Gasteiger partial charge in [-0.15, -0.1) is 0 Å². The number of hydrogen-bond donors (Lipinski definition) is 2. The van der Waals surface area contributed by atoms with Crippen molar-refractivity contribution in [1.82, 2.24) is 10.9 Å². The molecule has 0 radical (unpaired) electrons. The Hall–Kier alpha value is -3.22. The predicted molar refractivity (Wildman–Crippen MR) is 106 cm³/mol. The molecule has 0 bridgehead atoms. The average Bonchev–Trinajstić information content (AvgIpc) is 2.71. The minimum absolute atomic E-state index is 0.326. The quantitative estimate of drug-likeness (QED) is 0.681. The molecule has 7 heteroatoms. The number of ether oxygens (including phenoxy) is 3. The first-order chi connectivity index (χ1) is 13.4. The molecule has 0 fully saturated rings. The third kappa shape index (κ3) is 5.90. The number of rotatable bonds is 8. The van der Waals surface area contributed by atoms with E-state index in [-0.39, 0.29) is 0 Å². The maximum atomic E-state index is 12.2. The van der Waals surface area contributed by atoms with E-state index in [1.54, 1.807) is 36.4 Å². The lowest BCUT2D eigenvalue weighted by atomic mass is 10.1. The summed E-state index contributed by atoms with van der Waals surface area (Å²) in [5, 5.41) is 0. The molecule has 0 heterocycles. The predicted octanol–water partition coefficient (Wildman–Crippen LogP) is 3.20. The van der Waals surface area contributed by atoms with Crippen LogP contribution in [0.25, 0.3) is 0 Å². The summed E-state index contributed by atoms with van der Waals surface area (Å²) in [5.74, 6) is 1.31. The van der Waals surface area contributed by atoms with Crippen LogP contribution in [0.3, 0.4) is 0 Å². The summed E-state index contributed by atoms with van der Waals surface area (Å²) in [7, 11) is 3.00. The van der Waals surface area contributed by atoms with E-state index in [1.807, 2.05) is 0 Å². The summed E-state index contributed by atoms with van der Waals surface area (Å²) < 4.78 is 15.9. The summed E-state index contributed by atoms with van der Waals surface area (Å²) in [6.45, 7) is 4.89. The fourth-order valence-electron chi connectivity index (χ4n) is 2.35. The largest absolute Gasteiger partial charge is 0.494 e. The van der Waals surface area contributed by atoms with E-state index < -0.39 is 11.8 Å². The van der Waals surface area contributed by atoms with E-state index in [4.69, 9.17) is 14.2 Å². The number of carbonyl (C=O) groups is 2. The molecule has 2 rings (SSSR count). The molecule has 0 aliphatic rings. The van der Waals surface area contributed by atoms with Gasteiger partial charge in [0.1, 0.15) is 5.75 Å². The van der Waals surface area contributed by atoms with Crippen LogP contribution < -0.4 is 25.1 Å². The Morgan fingerprint density at radius 3 is 2.00 bits per heavy atom. The molecule has 28 heavy (non-hydrogen) atoms. The molecule has 0 spiro atoms. The Labute approximate surface area is 165 Å². The van der Waals surface area contributed by atoms with E-state index in [0.717, 1.165) is 6.42 Å². The summed E-state index contributed by atoms with van der Waals surface area (Å²) in [4.78, 5) is 24.4. The number of benzene rings is 2. The SMILES string of the molecule is COc1ccc(C(=O)NNC(=O)c2ccc(OCCC(C)C)cc2)cc1OC. The Morgan fingerprint density at radius 1 is 0.857 bits per heavy atom. The van der Waals surface area contributed by atoms with Crippen LogP contribution >= 0.6 is 0 Å². The molecule has 7 nitrogen and oxygen atoms in total. The lowest BCUT2D eigenvalue weighted by Gasteiger charge is -2.11. The van der Waals surface area contributed by atoms with Gasteiger partial charge in [0.25, 0.3) is 11.8 Å². The van der Waals surface area contributed by atoms with Crippen molar-refractivity contribution >= 4 is 11.8 Å². The molecule has 2 aromatic carbocycles. The van der Waals surface area contributed by atoms with E-state index in [2.05, 4.69) is 24.7 Å². The molecule has 0 unspecified atom stereocenters. The average molecular weight is 386 g/mol. The van der Waals surface area contributed by atoms with Crippen LogP contribution in [0.15, 0.2) is 42.5 Å². The van der Waals surface area contributed by atoms with Crippen molar-refractivity contribution in [3.8, 4) is 17.2 Å². The van der Waals surface area contributed by atoms with Gasteiger partial charge in [0, 0.05) is 11.1 Å². The molecule has 2 N–H and O–H groups in total. The second-order valence-corrected chi connectivity index (χ2v) is 6.53. The maximum absolute atomic E-state index is 12.2. The minimum atomic E-state index is -0.469. The lowest BCUT2D eigenvalue weighted by Crippen LogP contribution is -2.41. The highest BCUT2D eigenvalue weighted by atomic mass is 16.5. The van der Waals surface area contributed by atoms with Crippen LogP contribution in [0.5, 0.6) is 17.2 Å². The fourth-order valence-corrected chi connectivity index (χ4v) is 2.35. The summed E-state index contributed by atoms with van der Waals surface area (Å²) in [6.07, 6.45) is 0.963. The second kappa shape index (κ2) is 10.2. The Balaban J connectivity index is 1.90. The number of hydrogen-bond acceptors (Lipinski definition) is 5. The van der Waals surface area contributed by atoms with Crippen molar-refractivity contribution in [3.63, 3.8) is 0 Å². The summed E-state index contributed by atoms with van der Waals surface area (Å²) >= 11 is 0. The monoisotopic (exact) mass is 386 g/mol. The van der Waals surface area contributed by atoms with Crippen LogP contribution in [0.4, 0.5) is 0 Å². The van der Waals surface area contributed by atoms with Gasteiger partial charge in [-0.2, -0.15) is 0 Å². The third-order valence-electron chi connectivity index (χ3n) is 4.02. The van der Waals surface area contributed by atoms with E-state index in [1.165, 1.54) is 20.3 Å². The number of hydrazine groups is 1. The molecule has 0 saturated carbocycles. The topological polar surface area (TPSA) is 85.9 Å². The molecular formula is C21H26N2O5. The van der Waals surface area contributed by atoms with Crippen LogP contribution in [-0.4, -0.2) is 32.6 Å². The van der Waals surface area contributed by atoms with Crippen molar-refractivity contribution in [2.75, 3.05) is 20.8 Å². The van der Waals surface area contributed by atoms with Crippen LogP contribution in [-0.2, 0) is 0 Å². The lowest BCUT2D eigenvalue weighted by molar-refractivity contribution is 0.0846. The zero-order valence-electron chi connectivity index (χ0n) is 16.6. The molecule has 0 saturated heterocycles. The second-order valence-electron chi connectivity index (χ2n) is 6.53. The Bertz CT molecular complexity index is 803. The van der Waals surface area contributed by atoms with E-state index in [9.17, 15) is 9.59 Å². The van der Waals surface area contributed by atoms with Gasteiger partial charge in [-0.3, -0.25) is 20.4 Å². The maximum Gasteiger partial charge on any atom is 0.269 e.